The summed E-state index contributed by atoms with van der Waals surface area (Å²) < 4.78 is 0. The van der Waals surface area contributed by atoms with Crippen LogP contribution in [0.5, 0.6) is 0 Å². The molecular weight excluding hydrogens is 277 g/mol. The Hall–Kier alpha value is 0.660. The summed E-state index contributed by atoms with van der Waals surface area (Å²) in [5.41, 5.74) is 0. The molecule has 0 heterocycles. The van der Waals surface area contributed by atoms with E-state index in [9.17, 15) is 0 Å². The van der Waals surface area contributed by atoms with E-state index in [1.54, 1.807) is 0 Å². The van der Waals surface area contributed by atoms with Crippen LogP contribution in [0.3, 0.4) is 0 Å². The van der Waals surface area contributed by atoms with Crippen molar-refractivity contribution in [2.45, 2.75) is 12.8 Å². The van der Waals surface area contributed by atoms with Crippen molar-refractivity contribution in [1.29, 1.82) is 0 Å². The van der Waals surface area contributed by atoms with Gasteiger partial charge in [0.1, 0.15) is 0 Å². The minimum Gasteiger partial charge on any atom is -0.396 e. The van der Waals surface area contributed by atoms with Gasteiger partial charge in [0.2, 0.25) is 0 Å². The molecule has 0 atom stereocenters. The molecule has 0 fully saturated rings. The van der Waals surface area contributed by atoms with E-state index in [2.05, 4.69) is 0 Å². The van der Waals surface area contributed by atoms with Crippen molar-refractivity contribution >= 4 is 0 Å². The van der Waals surface area contributed by atoms with Crippen LogP contribution in [-0.4, -0.2) is 23.4 Å². The molecule has 0 saturated carbocycles. The maximum absolute atomic E-state index is 8.09. The van der Waals surface area contributed by atoms with Gasteiger partial charge in [-0.05, 0) is 12.8 Å². The van der Waals surface area contributed by atoms with Gasteiger partial charge in [-0.1, -0.05) is 0 Å². The SMILES string of the molecule is OCCCCO.[Au]. The molecular formula is C4H10AuO2. The molecule has 1 radical (unpaired) electrons. The summed E-state index contributed by atoms with van der Waals surface area (Å²) in [4.78, 5) is 0. The van der Waals surface area contributed by atoms with Crippen molar-refractivity contribution in [3.8, 4) is 0 Å². The van der Waals surface area contributed by atoms with Gasteiger partial charge in [-0.15, -0.1) is 0 Å². The first kappa shape index (κ1) is 10.6. The molecule has 0 aromatic rings. The first-order valence-corrected chi connectivity index (χ1v) is 2.13. The summed E-state index contributed by atoms with van der Waals surface area (Å²) >= 11 is 0. The molecule has 0 spiro atoms. The quantitative estimate of drug-likeness (QED) is 0.555. The molecule has 7 heavy (non-hydrogen) atoms. The maximum Gasteiger partial charge on any atom is 0.0431 e. The predicted molar refractivity (Wildman–Crippen MR) is 23.4 cm³/mol. The number of unbranched alkanes of at least 4 members (excludes halogenated alkanes) is 1. The average Bonchev–Trinajstić information content (AvgIpc) is 1.61. The van der Waals surface area contributed by atoms with Crippen molar-refractivity contribution in [3.05, 3.63) is 0 Å². The maximum atomic E-state index is 8.09. The van der Waals surface area contributed by atoms with Crippen LogP contribution in [0.15, 0.2) is 0 Å². The molecule has 3 heteroatoms. The smallest absolute Gasteiger partial charge is 0.0431 e. The van der Waals surface area contributed by atoms with Gasteiger partial charge < -0.3 is 10.2 Å². The molecule has 0 bridgehead atoms. The molecule has 0 aliphatic heterocycles. The number of hydrogen-bond donors (Lipinski definition) is 2. The summed E-state index contributed by atoms with van der Waals surface area (Å²) in [5, 5.41) is 16.2. The van der Waals surface area contributed by atoms with Crippen LogP contribution < -0.4 is 0 Å². The van der Waals surface area contributed by atoms with Crippen LogP contribution in [0.1, 0.15) is 12.8 Å². The van der Waals surface area contributed by atoms with E-state index in [-0.39, 0.29) is 35.6 Å². The van der Waals surface area contributed by atoms with Crippen LogP contribution in [0.2, 0.25) is 0 Å². The Morgan fingerprint density at radius 2 is 1.14 bits per heavy atom. The molecule has 0 rings (SSSR count). The van der Waals surface area contributed by atoms with E-state index >= 15 is 0 Å². The molecule has 0 unspecified atom stereocenters. The number of aliphatic hydroxyl groups excluding tert-OH is 2. The summed E-state index contributed by atoms with van der Waals surface area (Å²) in [6.45, 7) is 0.390. The van der Waals surface area contributed by atoms with Crippen LogP contribution >= 0.6 is 0 Å². The van der Waals surface area contributed by atoms with Crippen LogP contribution in [0.4, 0.5) is 0 Å². The molecule has 0 aliphatic carbocycles. The summed E-state index contributed by atoms with van der Waals surface area (Å²) in [7, 11) is 0. The second-order valence-electron chi connectivity index (χ2n) is 1.15. The van der Waals surface area contributed by atoms with Gasteiger partial charge in [-0.25, -0.2) is 0 Å². The largest absolute Gasteiger partial charge is 0.396 e. The van der Waals surface area contributed by atoms with Gasteiger partial charge >= 0.3 is 0 Å². The first-order chi connectivity index (χ1) is 2.91. The molecule has 0 amide bonds. The minimum absolute atomic E-state index is 0. The molecule has 2 N–H and O–H groups in total. The van der Waals surface area contributed by atoms with Crippen molar-refractivity contribution < 1.29 is 32.6 Å². The Morgan fingerprint density at radius 1 is 0.857 bits per heavy atom. The van der Waals surface area contributed by atoms with Crippen molar-refractivity contribution in [3.63, 3.8) is 0 Å². The Kier molecular flexibility index (Phi) is 14.9. The van der Waals surface area contributed by atoms with E-state index in [4.69, 9.17) is 10.2 Å². The fourth-order valence-electron chi connectivity index (χ4n) is 0.224. The van der Waals surface area contributed by atoms with Crippen LogP contribution in [0.25, 0.3) is 0 Å². The summed E-state index contributed by atoms with van der Waals surface area (Å²) in [6.07, 6.45) is 1.44. The van der Waals surface area contributed by atoms with Crippen LogP contribution in [-0.2, 0) is 22.4 Å². The van der Waals surface area contributed by atoms with Crippen molar-refractivity contribution in [2.24, 2.45) is 0 Å². The number of rotatable bonds is 3. The summed E-state index contributed by atoms with van der Waals surface area (Å²) in [6, 6.07) is 0. The Labute approximate surface area is 59.1 Å². The van der Waals surface area contributed by atoms with Crippen molar-refractivity contribution in [1.82, 2.24) is 0 Å². The molecule has 0 aliphatic rings. The zero-order chi connectivity index (χ0) is 4.83. The first-order valence-electron chi connectivity index (χ1n) is 2.13. The second kappa shape index (κ2) is 9.83. The molecule has 2 nitrogen and oxygen atoms in total. The van der Waals surface area contributed by atoms with Gasteiger partial charge in [0.25, 0.3) is 0 Å². The Bertz CT molecular complexity index is 21.7. The normalized spacial score (nSPS) is 7.71. The van der Waals surface area contributed by atoms with Gasteiger partial charge in [-0.3, -0.25) is 0 Å². The van der Waals surface area contributed by atoms with Gasteiger partial charge in [0.05, 0.1) is 0 Å². The molecule has 0 aromatic carbocycles. The average molecular weight is 287 g/mol. The van der Waals surface area contributed by atoms with E-state index < -0.39 is 0 Å². The summed E-state index contributed by atoms with van der Waals surface area (Å²) in [5.74, 6) is 0. The number of aliphatic hydroxyl groups is 2. The van der Waals surface area contributed by atoms with Crippen molar-refractivity contribution in [2.75, 3.05) is 13.2 Å². The van der Waals surface area contributed by atoms with Gasteiger partial charge in [0.15, 0.2) is 0 Å². The molecule has 49 valence electrons. The monoisotopic (exact) mass is 287 g/mol. The zero-order valence-electron chi connectivity index (χ0n) is 4.02. The van der Waals surface area contributed by atoms with Gasteiger partial charge in [-0.2, -0.15) is 0 Å². The van der Waals surface area contributed by atoms with E-state index in [1.807, 2.05) is 0 Å². The van der Waals surface area contributed by atoms with E-state index in [0.29, 0.717) is 0 Å². The topological polar surface area (TPSA) is 40.5 Å². The zero-order valence-corrected chi connectivity index (χ0v) is 6.19. The van der Waals surface area contributed by atoms with E-state index in [1.165, 1.54) is 0 Å². The van der Waals surface area contributed by atoms with E-state index in [0.717, 1.165) is 12.8 Å². The minimum atomic E-state index is 0. The number of hydrogen-bond acceptors (Lipinski definition) is 2. The third-order valence-corrected chi connectivity index (χ3v) is 0.566. The predicted octanol–water partition coefficient (Wildman–Crippen LogP) is -0.251. The second-order valence-corrected chi connectivity index (χ2v) is 1.15. The fraction of sp³-hybridized carbons (Fsp3) is 1.00. The Balaban J connectivity index is 0. The van der Waals surface area contributed by atoms with Gasteiger partial charge in [0, 0.05) is 35.6 Å². The third-order valence-electron chi connectivity index (χ3n) is 0.566. The fourth-order valence-corrected chi connectivity index (χ4v) is 0.224. The molecule has 0 aromatic heterocycles. The Morgan fingerprint density at radius 3 is 1.29 bits per heavy atom. The van der Waals surface area contributed by atoms with Crippen LogP contribution in [0, 0.1) is 0 Å². The third kappa shape index (κ3) is 10.8. The molecule has 0 saturated heterocycles. The standard InChI is InChI=1S/C4H10O2.Au/c5-3-1-2-4-6;/h5-6H,1-4H2;.